The van der Waals surface area contributed by atoms with Crippen molar-refractivity contribution < 1.29 is 22.7 Å². The summed E-state index contributed by atoms with van der Waals surface area (Å²) in [7, 11) is 1.46. The van der Waals surface area contributed by atoms with Crippen molar-refractivity contribution in [3.63, 3.8) is 0 Å². The van der Waals surface area contributed by atoms with E-state index in [4.69, 9.17) is 4.74 Å². The van der Waals surface area contributed by atoms with Crippen molar-refractivity contribution in [3.05, 3.63) is 24.3 Å². The summed E-state index contributed by atoms with van der Waals surface area (Å²) in [6.45, 7) is 1.29. The quantitative estimate of drug-likeness (QED) is 0.764. The highest BCUT2D eigenvalue weighted by atomic mass is 19.4. The number of amides is 1. The summed E-state index contributed by atoms with van der Waals surface area (Å²) >= 11 is 0. The molecule has 0 unspecified atom stereocenters. The number of nitrogens with zero attached hydrogens (tertiary/aromatic N) is 1. The third kappa shape index (κ3) is 1.91. The lowest BCUT2D eigenvalue weighted by atomic mass is 9.88. The standard InChI is InChI=1S/C12H12F3NO2/c1-7-10(12(13,14)15)16(11(7)17)8-3-5-9(18-2)6-4-8/h3-7,10H,1-2H3/t7-,10+/m0/s1. The molecule has 0 N–H and O–H groups in total. The molecule has 1 heterocycles. The van der Waals surface area contributed by atoms with Crippen LogP contribution < -0.4 is 9.64 Å². The number of methoxy groups -OCH3 is 1. The zero-order valence-electron chi connectivity index (χ0n) is 9.86. The van der Waals surface area contributed by atoms with E-state index in [0.717, 1.165) is 4.90 Å². The number of alkyl halides is 3. The Bertz CT molecular complexity index is 455. The van der Waals surface area contributed by atoms with E-state index in [1.54, 1.807) is 0 Å². The maximum absolute atomic E-state index is 12.8. The Morgan fingerprint density at radius 1 is 1.22 bits per heavy atom. The number of halogens is 3. The number of anilines is 1. The van der Waals surface area contributed by atoms with E-state index < -0.39 is 24.0 Å². The van der Waals surface area contributed by atoms with E-state index >= 15 is 0 Å². The van der Waals surface area contributed by atoms with Gasteiger partial charge in [-0.1, -0.05) is 6.92 Å². The number of benzene rings is 1. The molecule has 1 saturated heterocycles. The van der Waals surface area contributed by atoms with Crippen molar-refractivity contribution in [2.24, 2.45) is 5.92 Å². The molecule has 1 aliphatic rings. The van der Waals surface area contributed by atoms with Crippen LogP contribution in [0.2, 0.25) is 0 Å². The highest BCUT2D eigenvalue weighted by Gasteiger charge is 2.59. The van der Waals surface area contributed by atoms with Crippen LogP contribution in [0.25, 0.3) is 0 Å². The molecule has 0 aromatic heterocycles. The Morgan fingerprint density at radius 2 is 1.78 bits per heavy atom. The van der Waals surface area contributed by atoms with Crippen LogP contribution in [-0.2, 0) is 4.79 Å². The fourth-order valence-electron chi connectivity index (χ4n) is 2.09. The maximum Gasteiger partial charge on any atom is 0.410 e. The second-order valence-corrected chi connectivity index (χ2v) is 4.18. The molecule has 6 heteroatoms. The van der Waals surface area contributed by atoms with Crippen molar-refractivity contribution >= 4 is 11.6 Å². The van der Waals surface area contributed by atoms with Gasteiger partial charge in [-0.2, -0.15) is 13.2 Å². The summed E-state index contributed by atoms with van der Waals surface area (Å²) in [5, 5.41) is 0. The zero-order chi connectivity index (χ0) is 13.5. The molecule has 1 aliphatic heterocycles. The first-order chi connectivity index (χ1) is 8.36. The number of hydrogen-bond acceptors (Lipinski definition) is 2. The average Bonchev–Trinajstić information content (AvgIpc) is 2.33. The summed E-state index contributed by atoms with van der Waals surface area (Å²) in [6, 6.07) is 4.21. The van der Waals surface area contributed by atoms with Crippen LogP contribution in [0.4, 0.5) is 18.9 Å². The van der Waals surface area contributed by atoms with Crippen LogP contribution in [0.3, 0.4) is 0 Å². The third-order valence-electron chi connectivity index (χ3n) is 3.06. The molecule has 3 nitrogen and oxygen atoms in total. The van der Waals surface area contributed by atoms with E-state index in [1.165, 1.54) is 38.3 Å². The molecule has 1 aromatic carbocycles. The zero-order valence-corrected chi connectivity index (χ0v) is 9.86. The van der Waals surface area contributed by atoms with Crippen molar-refractivity contribution in [1.82, 2.24) is 0 Å². The lowest BCUT2D eigenvalue weighted by molar-refractivity contribution is -0.182. The van der Waals surface area contributed by atoms with Gasteiger partial charge >= 0.3 is 6.18 Å². The molecule has 0 bridgehead atoms. The van der Waals surface area contributed by atoms with Crippen molar-refractivity contribution in [3.8, 4) is 5.75 Å². The van der Waals surface area contributed by atoms with Gasteiger partial charge in [-0.05, 0) is 24.3 Å². The lowest BCUT2D eigenvalue weighted by Crippen LogP contribution is -2.66. The van der Waals surface area contributed by atoms with Gasteiger partial charge in [0.25, 0.3) is 0 Å². The molecule has 0 aliphatic carbocycles. The normalized spacial score (nSPS) is 23.8. The Labute approximate surface area is 102 Å². The minimum atomic E-state index is -4.41. The molecule has 98 valence electrons. The van der Waals surface area contributed by atoms with Crippen LogP contribution in [0.5, 0.6) is 5.75 Å². The van der Waals surface area contributed by atoms with Crippen molar-refractivity contribution in [1.29, 1.82) is 0 Å². The molecule has 2 rings (SSSR count). The molecule has 0 saturated carbocycles. The molecule has 0 radical (unpaired) electrons. The largest absolute Gasteiger partial charge is 0.497 e. The summed E-state index contributed by atoms with van der Waals surface area (Å²) in [5.74, 6) is -1.00. The van der Waals surface area contributed by atoms with Gasteiger partial charge < -0.3 is 4.74 Å². The summed E-state index contributed by atoms with van der Waals surface area (Å²) in [5.41, 5.74) is 0.237. The second-order valence-electron chi connectivity index (χ2n) is 4.18. The predicted octanol–water partition coefficient (Wildman–Crippen LogP) is 2.61. The number of carbonyl (C=O) groups is 1. The minimum absolute atomic E-state index is 0.237. The Balaban J connectivity index is 2.28. The fourth-order valence-corrected chi connectivity index (χ4v) is 2.09. The highest BCUT2D eigenvalue weighted by molar-refractivity contribution is 6.03. The van der Waals surface area contributed by atoms with E-state index in [-0.39, 0.29) is 5.69 Å². The SMILES string of the molecule is COc1ccc(N2C(=O)[C@@H](C)[C@@H]2C(F)(F)F)cc1. The van der Waals surface area contributed by atoms with Crippen molar-refractivity contribution in [2.45, 2.75) is 19.1 Å². The number of hydrogen-bond donors (Lipinski definition) is 0. The number of rotatable bonds is 2. The van der Waals surface area contributed by atoms with E-state index in [0.29, 0.717) is 5.75 Å². The first-order valence-electron chi connectivity index (χ1n) is 5.40. The van der Waals surface area contributed by atoms with E-state index in [2.05, 4.69) is 0 Å². The molecule has 1 fully saturated rings. The third-order valence-corrected chi connectivity index (χ3v) is 3.06. The van der Waals surface area contributed by atoms with Crippen LogP contribution in [0, 0.1) is 5.92 Å². The van der Waals surface area contributed by atoms with Crippen LogP contribution in [-0.4, -0.2) is 25.2 Å². The molecule has 0 spiro atoms. The van der Waals surface area contributed by atoms with Crippen molar-refractivity contribution in [2.75, 3.05) is 12.0 Å². The minimum Gasteiger partial charge on any atom is -0.497 e. The van der Waals surface area contributed by atoms with Gasteiger partial charge in [0.1, 0.15) is 11.8 Å². The first-order valence-corrected chi connectivity index (χ1v) is 5.40. The smallest absolute Gasteiger partial charge is 0.410 e. The molecule has 1 aromatic rings. The average molecular weight is 259 g/mol. The topological polar surface area (TPSA) is 29.5 Å². The van der Waals surface area contributed by atoms with E-state index in [9.17, 15) is 18.0 Å². The van der Waals surface area contributed by atoms with Gasteiger partial charge in [0, 0.05) is 5.69 Å². The number of ether oxygens (including phenoxy) is 1. The van der Waals surface area contributed by atoms with Gasteiger partial charge in [0.2, 0.25) is 5.91 Å². The highest BCUT2D eigenvalue weighted by Crippen LogP contribution is 2.41. The summed E-state index contributed by atoms with van der Waals surface area (Å²) in [6.07, 6.45) is -4.41. The number of β-lactam (4-membered cyclic amide) rings is 1. The fraction of sp³-hybridized carbons (Fsp3) is 0.417. The van der Waals surface area contributed by atoms with E-state index in [1.807, 2.05) is 0 Å². The molecular formula is C12H12F3NO2. The van der Waals surface area contributed by atoms with Gasteiger partial charge in [-0.3, -0.25) is 9.69 Å². The number of carbonyl (C=O) groups excluding carboxylic acids is 1. The Kier molecular flexibility index (Phi) is 2.96. The lowest BCUT2D eigenvalue weighted by Gasteiger charge is -2.46. The van der Waals surface area contributed by atoms with Crippen LogP contribution >= 0.6 is 0 Å². The Morgan fingerprint density at radius 3 is 2.22 bits per heavy atom. The van der Waals surface area contributed by atoms with Crippen LogP contribution in [0.15, 0.2) is 24.3 Å². The monoisotopic (exact) mass is 259 g/mol. The predicted molar refractivity (Wildman–Crippen MR) is 59.5 cm³/mol. The van der Waals surface area contributed by atoms with Gasteiger partial charge in [0.15, 0.2) is 0 Å². The summed E-state index contributed by atoms with van der Waals surface area (Å²) < 4.78 is 43.3. The van der Waals surface area contributed by atoms with Gasteiger partial charge in [-0.15, -0.1) is 0 Å². The first kappa shape index (κ1) is 12.7. The van der Waals surface area contributed by atoms with Crippen LogP contribution in [0.1, 0.15) is 6.92 Å². The summed E-state index contributed by atoms with van der Waals surface area (Å²) in [4.78, 5) is 12.4. The van der Waals surface area contributed by atoms with Gasteiger partial charge in [-0.25, -0.2) is 0 Å². The molecule has 18 heavy (non-hydrogen) atoms. The molecule has 1 amide bonds. The molecule has 2 atom stereocenters. The maximum atomic E-state index is 12.8. The molecular weight excluding hydrogens is 247 g/mol. The second kappa shape index (κ2) is 4.19. The Hall–Kier alpha value is -1.72. The van der Waals surface area contributed by atoms with Gasteiger partial charge in [0.05, 0.1) is 13.0 Å².